The van der Waals surface area contributed by atoms with Crippen molar-refractivity contribution >= 4 is 23.2 Å². The van der Waals surface area contributed by atoms with E-state index in [1.165, 1.54) is 10.4 Å². The van der Waals surface area contributed by atoms with Crippen molar-refractivity contribution in [3.05, 3.63) is 77.4 Å². The largest absolute Gasteiger partial charge is 0.356 e. The molecule has 6 heteroatoms. The molecule has 2 amide bonds. The van der Waals surface area contributed by atoms with Crippen LogP contribution in [-0.2, 0) is 22.4 Å². The average Bonchev–Trinajstić information content (AvgIpc) is 3.36. The van der Waals surface area contributed by atoms with Gasteiger partial charge in [-0.2, -0.15) is 0 Å². The fourth-order valence-corrected chi connectivity index (χ4v) is 5.23. The number of benzene rings is 1. The summed E-state index contributed by atoms with van der Waals surface area (Å²) in [5.41, 5.74) is 2.46. The van der Waals surface area contributed by atoms with E-state index in [9.17, 15) is 9.59 Å². The van der Waals surface area contributed by atoms with Crippen LogP contribution < -0.4 is 5.32 Å². The molecule has 1 unspecified atom stereocenters. The van der Waals surface area contributed by atoms with Crippen molar-refractivity contribution in [2.24, 2.45) is 5.41 Å². The molecule has 1 aromatic carbocycles. The highest BCUT2D eigenvalue weighted by atomic mass is 32.1. The molecular formula is C26H29N3O2S. The third-order valence-electron chi connectivity index (χ3n) is 6.11. The Morgan fingerprint density at radius 3 is 2.66 bits per heavy atom. The Hall–Kier alpha value is -2.99. The average molecular weight is 448 g/mol. The van der Waals surface area contributed by atoms with Crippen LogP contribution in [0.15, 0.2) is 66.2 Å². The highest BCUT2D eigenvalue weighted by Gasteiger charge is 2.43. The van der Waals surface area contributed by atoms with Gasteiger partial charge in [-0.1, -0.05) is 36.4 Å². The SMILES string of the molecule is CCNC(=O)C1(Cc2ccc(-c3cccs3)cc2)CCCN(C(=O)Cc2ccccn2)C1. The standard InChI is InChI=1S/C26H29N3O2S/c1-2-27-25(31)26(18-20-9-11-21(12-10-20)23-8-5-16-32-23)13-6-15-29(19-26)24(30)17-22-7-3-4-14-28-22/h3-5,7-12,14,16H,2,6,13,15,17-19H2,1H3,(H,27,31). The van der Waals surface area contributed by atoms with Crippen LogP contribution in [0, 0.1) is 5.41 Å². The summed E-state index contributed by atoms with van der Waals surface area (Å²) in [5.74, 6) is 0.0720. The van der Waals surface area contributed by atoms with Crippen molar-refractivity contribution < 1.29 is 9.59 Å². The summed E-state index contributed by atoms with van der Waals surface area (Å²) in [7, 11) is 0. The summed E-state index contributed by atoms with van der Waals surface area (Å²) in [6, 6.07) is 18.3. The minimum absolute atomic E-state index is 0.0325. The fourth-order valence-electron chi connectivity index (χ4n) is 4.49. The number of carbonyl (C=O) groups is 2. The fraction of sp³-hybridized carbons (Fsp3) is 0.346. The molecule has 4 rings (SSSR count). The Bertz CT molecular complexity index is 1030. The van der Waals surface area contributed by atoms with E-state index in [4.69, 9.17) is 0 Å². The van der Waals surface area contributed by atoms with Gasteiger partial charge in [0, 0.05) is 36.4 Å². The number of nitrogens with zero attached hydrogens (tertiary/aromatic N) is 2. The molecule has 0 radical (unpaired) electrons. The molecule has 2 aromatic heterocycles. The van der Waals surface area contributed by atoms with Crippen LogP contribution in [0.5, 0.6) is 0 Å². The van der Waals surface area contributed by atoms with E-state index in [0.29, 0.717) is 26.1 Å². The predicted octanol–water partition coefficient (Wildman–Crippen LogP) is 4.34. The van der Waals surface area contributed by atoms with Gasteiger partial charge in [-0.3, -0.25) is 14.6 Å². The highest BCUT2D eigenvalue weighted by molar-refractivity contribution is 7.13. The summed E-state index contributed by atoms with van der Waals surface area (Å²) >= 11 is 1.72. The minimum Gasteiger partial charge on any atom is -0.356 e. The molecule has 166 valence electrons. The number of hydrogen-bond acceptors (Lipinski definition) is 4. The lowest BCUT2D eigenvalue weighted by molar-refractivity contribution is -0.141. The van der Waals surface area contributed by atoms with Gasteiger partial charge in [0.2, 0.25) is 11.8 Å². The first kappa shape index (κ1) is 22.2. The third-order valence-corrected chi connectivity index (χ3v) is 7.03. The van der Waals surface area contributed by atoms with E-state index in [-0.39, 0.29) is 18.2 Å². The first-order valence-corrected chi connectivity index (χ1v) is 12.1. The Balaban J connectivity index is 1.53. The van der Waals surface area contributed by atoms with Crippen molar-refractivity contribution in [3.8, 4) is 10.4 Å². The van der Waals surface area contributed by atoms with Crippen molar-refractivity contribution in [1.82, 2.24) is 15.2 Å². The van der Waals surface area contributed by atoms with Crippen molar-refractivity contribution in [2.45, 2.75) is 32.6 Å². The summed E-state index contributed by atoms with van der Waals surface area (Å²) in [6.45, 7) is 3.65. The van der Waals surface area contributed by atoms with Crippen LogP contribution in [0.2, 0.25) is 0 Å². The number of nitrogens with one attached hydrogen (secondary N) is 1. The molecule has 0 saturated carbocycles. The number of thiophene rings is 1. The molecule has 1 aliphatic heterocycles. The zero-order valence-electron chi connectivity index (χ0n) is 18.4. The van der Waals surface area contributed by atoms with E-state index < -0.39 is 5.41 Å². The van der Waals surface area contributed by atoms with Crippen molar-refractivity contribution in [2.75, 3.05) is 19.6 Å². The summed E-state index contributed by atoms with van der Waals surface area (Å²) < 4.78 is 0. The monoisotopic (exact) mass is 447 g/mol. The highest BCUT2D eigenvalue weighted by Crippen LogP contribution is 2.35. The first-order chi connectivity index (χ1) is 15.6. The topological polar surface area (TPSA) is 62.3 Å². The lowest BCUT2D eigenvalue weighted by atomic mass is 9.74. The van der Waals surface area contributed by atoms with Crippen LogP contribution in [0.1, 0.15) is 31.0 Å². The molecule has 1 fully saturated rings. The first-order valence-electron chi connectivity index (χ1n) is 11.2. The quantitative estimate of drug-likeness (QED) is 0.586. The second-order valence-corrected chi connectivity index (χ2v) is 9.36. The molecular weight excluding hydrogens is 418 g/mol. The number of rotatable bonds is 7. The van der Waals surface area contributed by atoms with Gasteiger partial charge < -0.3 is 10.2 Å². The third kappa shape index (κ3) is 5.07. The molecule has 3 heterocycles. The number of hydrogen-bond donors (Lipinski definition) is 1. The van der Waals surface area contributed by atoms with Crippen LogP contribution in [0.25, 0.3) is 10.4 Å². The molecule has 32 heavy (non-hydrogen) atoms. The molecule has 1 N–H and O–H groups in total. The Labute approximate surface area is 193 Å². The normalized spacial score (nSPS) is 18.3. The molecule has 1 aliphatic rings. The van der Waals surface area contributed by atoms with E-state index in [1.54, 1.807) is 17.5 Å². The van der Waals surface area contributed by atoms with Gasteiger partial charge in [-0.15, -0.1) is 11.3 Å². The van der Waals surface area contributed by atoms with Gasteiger partial charge in [-0.25, -0.2) is 0 Å². The predicted molar refractivity (Wildman–Crippen MR) is 128 cm³/mol. The van der Waals surface area contributed by atoms with Crippen LogP contribution >= 0.6 is 11.3 Å². The molecule has 1 atom stereocenters. The molecule has 0 bridgehead atoms. The number of piperidine rings is 1. The maximum absolute atomic E-state index is 13.2. The van der Waals surface area contributed by atoms with E-state index in [0.717, 1.165) is 24.1 Å². The molecule has 5 nitrogen and oxygen atoms in total. The number of pyridine rings is 1. The molecule has 1 saturated heterocycles. The second kappa shape index (κ2) is 10.1. The van der Waals surface area contributed by atoms with Crippen molar-refractivity contribution in [3.63, 3.8) is 0 Å². The van der Waals surface area contributed by atoms with Gasteiger partial charge in [0.05, 0.1) is 11.8 Å². The van der Waals surface area contributed by atoms with E-state index >= 15 is 0 Å². The summed E-state index contributed by atoms with van der Waals surface area (Å²) in [5, 5.41) is 5.11. The smallest absolute Gasteiger partial charge is 0.228 e. The van der Waals surface area contributed by atoms with Crippen molar-refractivity contribution in [1.29, 1.82) is 0 Å². The Morgan fingerprint density at radius 1 is 1.12 bits per heavy atom. The molecule has 0 aliphatic carbocycles. The molecule has 0 spiro atoms. The zero-order valence-corrected chi connectivity index (χ0v) is 19.2. The van der Waals surface area contributed by atoms with Crippen LogP contribution in [-0.4, -0.2) is 41.3 Å². The number of amides is 2. The van der Waals surface area contributed by atoms with Gasteiger partial charge >= 0.3 is 0 Å². The lowest BCUT2D eigenvalue weighted by Crippen LogP contribution is -2.54. The van der Waals surface area contributed by atoms with Gasteiger partial charge in [0.15, 0.2) is 0 Å². The number of aromatic nitrogens is 1. The molecule has 3 aromatic rings. The van der Waals surface area contributed by atoms with Gasteiger partial charge in [0.25, 0.3) is 0 Å². The van der Waals surface area contributed by atoms with Gasteiger partial charge in [-0.05, 0) is 60.9 Å². The minimum atomic E-state index is -0.613. The maximum Gasteiger partial charge on any atom is 0.228 e. The second-order valence-electron chi connectivity index (χ2n) is 8.41. The summed E-state index contributed by atoms with van der Waals surface area (Å²) in [4.78, 5) is 33.6. The Morgan fingerprint density at radius 2 is 1.97 bits per heavy atom. The van der Waals surface area contributed by atoms with Gasteiger partial charge in [0.1, 0.15) is 0 Å². The van der Waals surface area contributed by atoms with E-state index in [2.05, 4.69) is 52.1 Å². The van der Waals surface area contributed by atoms with Crippen LogP contribution in [0.4, 0.5) is 0 Å². The van der Waals surface area contributed by atoms with E-state index in [1.807, 2.05) is 30.0 Å². The number of carbonyl (C=O) groups excluding carboxylic acids is 2. The lowest BCUT2D eigenvalue weighted by Gasteiger charge is -2.42. The zero-order chi connectivity index (χ0) is 22.4. The Kier molecular flexibility index (Phi) is 7.00. The maximum atomic E-state index is 13.2. The van der Waals surface area contributed by atoms with Crippen LogP contribution in [0.3, 0.4) is 0 Å². The number of likely N-dealkylation sites (tertiary alicyclic amines) is 1. The summed E-state index contributed by atoms with van der Waals surface area (Å²) in [6.07, 6.45) is 4.19.